The molecule has 0 aromatic heterocycles. The largest absolute Gasteiger partial charge is 0.491 e. The minimum absolute atomic E-state index is 0.607. The van der Waals surface area contributed by atoms with Crippen LogP contribution < -0.4 is 5.46 Å². The molecule has 1 aromatic carbocycles. The van der Waals surface area contributed by atoms with E-state index in [1.807, 2.05) is 30.3 Å². The molecule has 16 heavy (non-hydrogen) atoms. The van der Waals surface area contributed by atoms with Gasteiger partial charge in [0.2, 0.25) is 0 Å². The highest BCUT2D eigenvalue weighted by atomic mass is 16.5. The van der Waals surface area contributed by atoms with E-state index in [1.54, 1.807) is 0 Å². The molecule has 0 bridgehead atoms. The summed E-state index contributed by atoms with van der Waals surface area (Å²) in [6.07, 6.45) is 0.988. The van der Waals surface area contributed by atoms with Gasteiger partial charge in [-0.2, -0.15) is 0 Å². The Labute approximate surface area is 98.8 Å². The molecule has 0 aliphatic rings. The summed E-state index contributed by atoms with van der Waals surface area (Å²) in [5.74, 6) is 1.29. The molecule has 0 amide bonds. The van der Waals surface area contributed by atoms with E-state index in [-0.39, 0.29) is 0 Å². The summed E-state index contributed by atoms with van der Waals surface area (Å²) in [4.78, 5) is 0. The Hall–Kier alpha value is -0.795. The van der Waals surface area contributed by atoms with Crippen LogP contribution in [0.1, 0.15) is 27.2 Å². The zero-order valence-electron chi connectivity index (χ0n) is 10.4. The van der Waals surface area contributed by atoms with E-state index in [9.17, 15) is 5.02 Å². The van der Waals surface area contributed by atoms with Gasteiger partial charge in [0.15, 0.2) is 0 Å². The first-order valence-corrected chi connectivity index (χ1v) is 5.96. The van der Waals surface area contributed by atoms with Crippen molar-refractivity contribution in [3.63, 3.8) is 0 Å². The van der Waals surface area contributed by atoms with Crippen LogP contribution in [-0.4, -0.2) is 18.7 Å². The molecule has 1 N–H and O–H groups in total. The minimum Gasteiger partial charge on any atom is -0.423 e. The Morgan fingerprint density at radius 1 is 1.19 bits per heavy atom. The molecule has 0 aliphatic carbocycles. The molecule has 1 rings (SSSR count). The fraction of sp³-hybridized carbons (Fsp3) is 0.538. The lowest BCUT2D eigenvalue weighted by atomic mass is 9.79. The molecule has 0 saturated carbocycles. The van der Waals surface area contributed by atoms with Crippen molar-refractivity contribution in [1.29, 1.82) is 0 Å². The van der Waals surface area contributed by atoms with Gasteiger partial charge in [0.25, 0.3) is 0 Å². The third-order valence-corrected chi connectivity index (χ3v) is 3.07. The zero-order chi connectivity index (χ0) is 12.0. The third kappa shape index (κ3) is 4.37. The smallest absolute Gasteiger partial charge is 0.423 e. The number of rotatable bonds is 6. The summed E-state index contributed by atoms with van der Waals surface area (Å²) in [7, 11) is -0.791. The molecule has 1 aromatic rings. The molecule has 1 atom stereocenters. The molecule has 0 radical (unpaired) electrons. The molecule has 0 spiro atoms. The molecule has 3 heteroatoms. The van der Waals surface area contributed by atoms with Crippen molar-refractivity contribution >= 4 is 12.6 Å². The SMILES string of the molecule is CC(C)C(C)CCOB(O)c1ccccc1. The van der Waals surface area contributed by atoms with Crippen molar-refractivity contribution in [2.75, 3.05) is 6.61 Å². The van der Waals surface area contributed by atoms with Crippen LogP contribution in [0.2, 0.25) is 0 Å². The van der Waals surface area contributed by atoms with E-state index in [4.69, 9.17) is 4.65 Å². The number of hydrogen-bond donors (Lipinski definition) is 1. The quantitative estimate of drug-likeness (QED) is 0.743. The number of hydrogen-bond acceptors (Lipinski definition) is 2. The zero-order valence-corrected chi connectivity index (χ0v) is 10.4. The summed E-state index contributed by atoms with van der Waals surface area (Å²) < 4.78 is 5.40. The fourth-order valence-electron chi connectivity index (χ4n) is 1.41. The fourth-order valence-corrected chi connectivity index (χ4v) is 1.41. The van der Waals surface area contributed by atoms with E-state index >= 15 is 0 Å². The molecule has 0 saturated heterocycles. The standard InChI is InChI=1S/C13H21BO2/c1-11(2)12(3)9-10-16-14(15)13-7-5-4-6-8-13/h4-8,11-12,15H,9-10H2,1-3H3. The first-order chi connectivity index (χ1) is 7.61. The van der Waals surface area contributed by atoms with Gasteiger partial charge in [-0.05, 0) is 23.7 Å². The summed E-state index contributed by atoms with van der Waals surface area (Å²) in [5, 5.41) is 9.75. The van der Waals surface area contributed by atoms with E-state index in [0.29, 0.717) is 18.4 Å². The second kappa shape index (κ2) is 6.72. The molecular weight excluding hydrogens is 199 g/mol. The average molecular weight is 220 g/mol. The maximum absolute atomic E-state index is 9.75. The maximum atomic E-state index is 9.75. The van der Waals surface area contributed by atoms with E-state index in [0.717, 1.165) is 11.9 Å². The second-order valence-corrected chi connectivity index (χ2v) is 4.64. The molecule has 0 fully saturated rings. The Kier molecular flexibility index (Phi) is 5.57. The first kappa shape index (κ1) is 13.3. The first-order valence-electron chi connectivity index (χ1n) is 5.96. The van der Waals surface area contributed by atoms with Crippen LogP contribution in [-0.2, 0) is 4.65 Å². The Morgan fingerprint density at radius 2 is 1.81 bits per heavy atom. The van der Waals surface area contributed by atoms with Crippen LogP contribution in [0, 0.1) is 11.8 Å². The normalized spacial score (nSPS) is 12.8. The van der Waals surface area contributed by atoms with Crippen LogP contribution >= 0.6 is 0 Å². The Bertz CT molecular complexity index is 287. The van der Waals surface area contributed by atoms with Crippen molar-refractivity contribution in [1.82, 2.24) is 0 Å². The summed E-state index contributed by atoms with van der Waals surface area (Å²) in [5.41, 5.74) is 0.819. The van der Waals surface area contributed by atoms with Crippen molar-refractivity contribution in [3.05, 3.63) is 30.3 Å². The molecule has 2 nitrogen and oxygen atoms in total. The predicted molar refractivity (Wildman–Crippen MR) is 68.6 cm³/mol. The van der Waals surface area contributed by atoms with Gasteiger partial charge in [0.05, 0.1) is 0 Å². The summed E-state index contributed by atoms with van der Waals surface area (Å²) in [6, 6.07) is 9.47. The van der Waals surface area contributed by atoms with Gasteiger partial charge in [-0.3, -0.25) is 0 Å². The van der Waals surface area contributed by atoms with Crippen molar-refractivity contribution in [2.24, 2.45) is 11.8 Å². The highest BCUT2D eigenvalue weighted by molar-refractivity contribution is 6.59. The second-order valence-electron chi connectivity index (χ2n) is 4.64. The van der Waals surface area contributed by atoms with Gasteiger partial charge in [-0.25, -0.2) is 0 Å². The van der Waals surface area contributed by atoms with Crippen molar-refractivity contribution in [2.45, 2.75) is 27.2 Å². The van der Waals surface area contributed by atoms with Crippen LogP contribution in [0.5, 0.6) is 0 Å². The highest BCUT2D eigenvalue weighted by Gasteiger charge is 2.16. The van der Waals surface area contributed by atoms with Crippen molar-refractivity contribution in [3.8, 4) is 0 Å². The topological polar surface area (TPSA) is 29.5 Å². The Morgan fingerprint density at radius 3 is 2.38 bits per heavy atom. The summed E-state index contributed by atoms with van der Waals surface area (Å²) in [6.45, 7) is 7.23. The Balaban J connectivity index is 2.28. The van der Waals surface area contributed by atoms with Gasteiger partial charge in [0.1, 0.15) is 0 Å². The molecule has 0 aliphatic heterocycles. The van der Waals surface area contributed by atoms with Crippen molar-refractivity contribution < 1.29 is 9.68 Å². The van der Waals surface area contributed by atoms with Crippen LogP contribution in [0.15, 0.2) is 30.3 Å². The third-order valence-electron chi connectivity index (χ3n) is 3.07. The van der Waals surface area contributed by atoms with E-state index in [2.05, 4.69) is 20.8 Å². The van der Waals surface area contributed by atoms with Gasteiger partial charge in [0, 0.05) is 6.61 Å². The lowest BCUT2D eigenvalue weighted by molar-refractivity contribution is 0.230. The highest BCUT2D eigenvalue weighted by Crippen LogP contribution is 2.13. The van der Waals surface area contributed by atoms with Gasteiger partial charge in [-0.1, -0.05) is 51.1 Å². The predicted octanol–water partition coefficient (Wildman–Crippen LogP) is 2.07. The van der Waals surface area contributed by atoms with Crippen LogP contribution in [0.3, 0.4) is 0 Å². The number of benzene rings is 1. The lowest BCUT2D eigenvalue weighted by Gasteiger charge is -2.16. The van der Waals surface area contributed by atoms with Crippen LogP contribution in [0.4, 0.5) is 0 Å². The monoisotopic (exact) mass is 220 g/mol. The summed E-state index contributed by atoms with van der Waals surface area (Å²) >= 11 is 0. The molecule has 88 valence electrons. The van der Waals surface area contributed by atoms with Gasteiger partial charge >= 0.3 is 7.12 Å². The lowest BCUT2D eigenvalue weighted by Crippen LogP contribution is -2.34. The maximum Gasteiger partial charge on any atom is 0.491 e. The van der Waals surface area contributed by atoms with E-state index in [1.165, 1.54) is 0 Å². The van der Waals surface area contributed by atoms with Gasteiger partial charge in [-0.15, -0.1) is 0 Å². The minimum atomic E-state index is -0.791. The molecule has 0 heterocycles. The molecular formula is C13H21BO2. The average Bonchev–Trinajstić information content (AvgIpc) is 2.29. The van der Waals surface area contributed by atoms with Gasteiger partial charge < -0.3 is 9.68 Å². The molecule has 1 unspecified atom stereocenters. The van der Waals surface area contributed by atoms with E-state index < -0.39 is 7.12 Å². The van der Waals surface area contributed by atoms with Crippen LogP contribution in [0.25, 0.3) is 0 Å².